The molecule has 0 radical (unpaired) electrons. The van der Waals surface area contributed by atoms with Gasteiger partial charge in [-0.2, -0.15) is 5.10 Å². The monoisotopic (exact) mass is 571 g/mol. The standard InChI is InChI=1S/C34H26ClN5O2/c35-28-18-15-26(16-19-28)34-27(22-40(37-34)30-11-5-2-6-12-30)17-20-32(41)31-13-7-8-14-33(31)42-24-29-23-39(38-36-29)21-25-9-3-1-4-10-25/h1-20,22-23H,21,24H2/b20-17+. The number of halogens is 1. The highest BCUT2D eigenvalue weighted by atomic mass is 35.5. The van der Waals surface area contributed by atoms with Gasteiger partial charge in [-0.1, -0.05) is 89.6 Å². The van der Waals surface area contributed by atoms with Crippen LogP contribution in [0.25, 0.3) is 23.0 Å². The molecule has 0 N–H and O–H groups in total. The second kappa shape index (κ2) is 12.5. The summed E-state index contributed by atoms with van der Waals surface area (Å²) in [5.74, 6) is 0.288. The van der Waals surface area contributed by atoms with Crippen molar-refractivity contribution in [2.24, 2.45) is 0 Å². The van der Waals surface area contributed by atoms with Gasteiger partial charge in [0.2, 0.25) is 0 Å². The molecule has 7 nitrogen and oxygen atoms in total. The lowest BCUT2D eigenvalue weighted by Crippen LogP contribution is -2.02. The van der Waals surface area contributed by atoms with Crippen molar-refractivity contribution < 1.29 is 9.53 Å². The molecule has 0 saturated carbocycles. The van der Waals surface area contributed by atoms with Crippen LogP contribution in [0, 0.1) is 0 Å². The van der Waals surface area contributed by atoms with Crippen LogP contribution in [-0.4, -0.2) is 30.6 Å². The Kier molecular flexibility index (Phi) is 8.01. The lowest BCUT2D eigenvalue weighted by Gasteiger charge is -2.08. The van der Waals surface area contributed by atoms with E-state index in [0.717, 1.165) is 28.1 Å². The minimum absolute atomic E-state index is 0.187. The molecule has 0 aliphatic rings. The Bertz CT molecular complexity index is 1830. The van der Waals surface area contributed by atoms with E-state index in [9.17, 15) is 4.79 Å². The minimum Gasteiger partial charge on any atom is -0.486 e. The summed E-state index contributed by atoms with van der Waals surface area (Å²) in [4.78, 5) is 13.4. The topological polar surface area (TPSA) is 74.8 Å². The zero-order valence-electron chi connectivity index (χ0n) is 22.5. The molecule has 4 aromatic carbocycles. The number of benzene rings is 4. The molecule has 8 heteroatoms. The number of ether oxygens (including phenoxy) is 1. The van der Waals surface area contributed by atoms with Gasteiger partial charge in [0.15, 0.2) is 5.78 Å². The smallest absolute Gasteiger partial charge is 0.189 e. The number of hydrogen-bond donors (Lipinski definition) is 0. The van der Waals surface area contributed by atoms with Crippen LogP contribution in [0.1, 0.15) is 27.2 Å². The number of aromatic nitrogens is 5. The number of carbonyl (C=O) groups excluding carboxylic acids is 1. The van der Waals surface area contributed by atoms with Crippen LogP contribution in [-0.2, 0) is 13.2 Å². The largest absolute Gasteiger partial charge is 0.486 e. The Hall–Kier alpha value is -5.27. The van der Waals surface area contributed by atoms with Gasteiger partial charge in [0, 0.05) is 22.3 Å². The summed E-state index contributed by atoms with van der Waals surface area (Å²) in [5, 5.41) is 13.9. The lowest BCUT2D eigenvalue weighted by molar-refractivity contribution is 0.104. The summed E-state index contributed by atoms with van der Waals surface area (Å²) >= 11 is 6.12. The predicted octanol–water partition coefficient (Wildman–Crippen LogP) is 7.31. The fourth-order valence-corrected chi connectivity index (χ4v) is 4.64. The van der Waals surface area contributed by atoms with Gasteiger partial charge in [-0.3, -0.25) is 4.79 Å². The van der Waals surface area contributed by atoms with Crippen LogP contribution in [0.15, 0.2) is 128 Å². The van der Waals surface area contributed by atoms with Crippen molar-refractivity contribution in [2.75, 3.05) is 0 Å². The molecule has 2 heterocycles. The van der Waals surface area contributed by atoms with Crippen LogP contribution >= 0.6 is 11.6 Å². The van der Waals surface area contributed by atoms with Gasteiger partial charge in [-0.05, 0) is 54.1 Å². The zero-order chi connectivity index (χ0) is 28.7. The molecule has 0 saturated heterocycles. The number of carbonyl (C=O) groups is 1. The third-order valence-electron chi connectivity index (χ3n) is 6.60. The Labute approximate surface area is 248 Å². The number of nitrogens with zero attached hydrogens (tertiary/aromatic N) is 5. The van der Waals surface area contributed by atoms with E-state index >= 15 is 0 Å². The summed E-state index contributed by atoms with van der Waals surface area (Å²) in [6.45, 7) is 0.805. The molecular weight excluding hydrogens is 546 g/mol. The highest BCUT2D eigenvalue weighted by molar-refractivity contribution is 6.30. The Morgan fingerprint density at radius 2 is 1.55 bits per heavy atom. The molecule has 6 rings (SSSR count). The normalized spacial score (nSPS) is 11.2. The van der Waals surface area contributed by atoms with E-state index < -0.39 is 0 Å². The van der Waals surface area contributed by atoms with Crippen LogP contribution < -0.4 is 4.74 Å². The first-order valence-corrected chi connectivity index (χ1v) is 13.8. The van der Waals surface area contributed by atoms with Gasteiger partial charge in [-0.15, -0.1) is 5.10 Å². The van der Waals surface area contributed by atoms with E-state index in [1.165, 1.54) is 0 Å². The van der Waals surface area contributed by atoms with Gasteiger partial charge < -0.3 is 4.74 Å². The van der Waals surface area contributed by atoms with E-state index in [-0.39, 0.29) is 12.4 Å². The van der Waals surface area contributed by atoms with Crippen LogP contribution in [0.5, 0.6) is 5.75 Å². The van der Waals surface area contributed by atoms with E-state index in [2.05, 4.69) is 10.3 Å². The fourth-order valence-electron chi connectivity index (χ4n) is 4.51. The summed E-state index contributed by atoms with van der Waals surface area (Å²) in [7, 11) is 0. The van der Waals surface area contributed by atoms with E-state index in [1.54, 1.807) is 33.6 Å². The first-order chi connectivity index (χ1) is 20.6. The Morgan fingerprint density at radius 3 is 2.33 bits per heavy atom. The van der Waals surface area contributed by atoms with Gasteiger partial charge in [0.1, 0.15) is 18.1 Å². The fraction of sp³-hybridized carbons (Fsp3) is 0.0588. The van der Waals surface area contributed by atoms with Crippen molar-refractivity contribution in [3.8, 4) is 22.7 Å². The van der Waals surface area contributed by atoms with Gasteiger partial charge in [0.05, 0.1) is 29.7 Å². The number of hydrogen-bond acceptors (Lipinski definition) is 5. The molecule has 0 atom stereocenters. The first kappa shape index (κ1) is 26.9. The SMILES string of the molecule is O=C(/C=C/c1cn(-c2ccccc2)nc1-c1ccc(Cl)cc1)c1ccccc1OCc1cn(Cc2ccccc2)nn1. The van der Waals surface area contributed by atoms with Gasteiger partial charge in [-0.25, -0.2) is 9.36 Å². The quantitative estimate of drug-likeness (QED) is 0.127. The molecule has 0 unspecified atom stereocenters. The molecule has 206 valence electrons. The second-order valence-corrected chi connectivity index (χ2v) is 10.0. The second-order valence-electron chi connectivity index (χ2n) is 9.60. The minimum atomic E-state index is -0.187. The van der Waals surface area contributed by atoms with Crippen molar-refractivity contribution >= 4 is 23.5 Å². The average Bonchev–Trinajstić information content (AvgIpc) is 3.67. The summed E-state index contributed by atoms with van der Waals surface area (Å²) in [6, 6.07) is 34.5. The Balaban J connectivity index is 1.20. The molecular formula is C34H26ClN5O2. The highest BCUT2D eigenvalue weighted by Crippen LogP contribution is 2.27. The van der Waals surface area contributed by atoms with E-state index in [4.69, 9.17) is 21.4 Å². The molecule has 0 bridgehead atoms. The number of para-hydroxylation sites is 2. The van der Waals surface area contributed by atoms with Crippen LogP contribution in [0.2, 0.25) is 5.02 Å². The van der Waals surface area contributed by atoms with Crippen LogP contribution in [0.4, 0.5) is 0 Å². The van der Waals surface area contributed by atoms with Crippen LogP contribution in [0.3, 0.4) is 0 Å². The zero-order valence-corrected chi connectivity index (χ0v) is 23.3. The maximum Gasteiger partial charge on any atom is 0.189 e. The molecule has 0 aliphatic heterocycles. The van der Waals surface area contributed by atoms with Gasteiger partial charge >= 0.3 is 0 Å². The highest BCUT2D eigenvalue weighted by Gasteiger charge is 2.14. The lowest BCUT2D eigenvalue weighted by atomic mass is 10.1. The van der Waals surface area contributed by atoms with Crippen molar-refractivity contribution in [2.45, 2.75) is 13.2 Å². The summed E-state index contributed by atoms with van der Waals surface area (Å²) in [6.07, 6.45) is 7.08. The molecule has 2 aromatic heterocycles. The maximum atomic E-state index is 13.4. The van der Waals surface area contributed by atoms with Crippen molar-refractivity contribution in [1.82, 2.24) is 24.8 Å². The van der Waals surface area contributed by atoms with Crippen molar-refractivity contribution in [3.63, 3.8) is 0 Å². The number of rotatable bonds is 10. The number of allylic oxidation sites excluding steroid dienone is 1. The van der Waals surface area contributed by atoms with E-state index in [1.807, 2.05) is 109 Å². The third-order valence-corrected chi connectivity index (χ3v) is 6.85. The average molecular weight is 572 g/mol. The molecule has 0 spiro atoms. The molecule has 0 fully saturated rings. The molecule has 42 heavy (non-hydrogen) atoms. The Morgan fingerprint density at radius 1 is 0.833 bits per heavy atom. The van der Waals surface area contributed by atoms with Crippen molar-refractivity contribution in [3.05, 3.63) is 155 Å². The number of ketones is 1. The summed E-state index contributed by atoms with van der Waals surface area (Å²) < 4.78 is 9.59. The molecule has 6 aromatic rings. The predicted molar refractivity (Wildman–Crippen MR) is 164 cm³/mol. The van der Waals surface area contributed by atoms with E-state index in [0.29, 0.717) is 28.6 Å². The van der Waals surface area contributed by atoms with Crippen molar-refractivity contribution in [1.29, 1.82) is 0 Å². The van der Waals surface area contributed by atoms with Gasteiger partial charge in [0.25, 0.3) is 0 Å². The molecule has 0 amide bonds. The summed E-state index contributed by atoms with van der Waals surface area (Å²) in [5.41, 5.74) is 5.60. The molecule has 0 aliphatic carbocycles. The first-order valence-electron chi connectivity index (χ1n) is 13.4. The third kappa shape index (κ3) is 6.37. The maximum absolute atomic E-state index is 13.4.